The lowest BCUT2D eigenvalue weighted by atomic mass is 9.77. The van der Waals surface area contributed by atoms with E-state index in [1.165, 1.54) is 22.3 Å². The second-order valence-electron chi connectivity index (χ2n) is 8.77. The molecule has 3 atom stereocenters. The van der Waals surface area contributed by atoms with Gasteiger partial charge in [0.05, 0.1) is 18.1 Å². The van der Waals surface area contributed by atoms with Gasteiger partial charge in [-0.05, 0) is 41.7 Å². The van der Waals surface area contributed by atoms with Crippen LogP contribution in [0.5, 0.6) is 0 Å². The molecule has 0 radical (unpaired) electrons. The van der Waals surface area contributed by atoms with E-state index in [0.717, 1.165) is 18.7 Å². The van der Waals surface area contributed by atoms with Crippen LogP contribution in [0.25, 0.3) is 0 Å². The molecule has 0 amide bonds. The Morgan fingerprint density at radius 1 is 1.13 bits per heavy atom. The highest BCUT2D eigenvalue weighted by atomic mass is 32.2. The number of fused-ring (bicyclic) bond motifs is 5. The van der Waals surface area contributed by atoms with Crippen molar-refractivity contribution >= 4 is 21.5 Å². The van der Waals surface area contributed by atoms with Crippen LogP contribution in [-0.2, 0) is 32.3 Å². The lowest BCUT2D eigenvalue weighted by Gasteiger charge is -2.36. The minimum atomic E-state index is -2.88. The SMILES string of the molecule is CCOC(=O)C1Nc2ccc(CN3CCS(=O)(=O)CC3)cc2C2c3ccccc3CC12. The molecule has 0 spiro atoms. The molecule has 2 aliphatic heterocycles. The summed E-state index contributed by atoms with van der Waals surface area (Å²) in [6.45, 7) is 4.12. The second-order valence-corrected chi connectivity index (χ2v) is 11.1. The molecule has 0 aromatic heterocycles. The van der Waals surface area contributed by atoms with Crippen LogP contribution in [0.4, 0.5) is 5.69 Å². The number of hydrogen-bond acceptors (Lipinski definition) is 6. The lowest BCUT2D eigenvalue weighted by molar-refractivity contribution is -0.145. The maximum absolute atomic E-state index is 12.7. The third kappa shape index (κ3) is 3.85. The molecule has 1 N–H and O–H groups in total. The number of nitrogens with one attached hydrogen (secondary N) is 1. The number of benzene rings is 2. The molecule has 6 nitrogen and oxygen atoms in total. The maximum atomic E-state index is 12.7. The summed E-state index contributed by atoms with van der Waals surface area (Å²) in [5.74, 6) is 0.565. The Morgan fingerprint density at radius 3 is 2.68 bits per heavy atom. The average Bonchev–Trinajstić information content (AvgIpc) is 3.15. The van der Waals surface area contributed by atoms with E-state index in [1.54, 1.807) is 0 Å². The van der Waals surface area contributed by atoms with Crippen molar-refractivity contribution in [1.29, 1.82) is 0 Å². The quantitative estimate of drug-likeness (QED) is 0.737. The van der Waals surface area contributed by atoms with Crippen LogP contribution in [0.15, 0.2) is 42.5 Å². The molecule has 2 aromatic rings. The molecule has 3 aliphatic rings. The van der Waals surface area contributed by atoms with Crippen LogP contribution < -0.4 is 5.32 Å². The largest absolute Gasteiger partial charge is 0.464 e. The van der Waals surface area contributed by atoms with Gasteiger partial charge in [0.25, 0.3) is 0 Å². The number of carbonyl (C=O) groups is 1. The topological polar surface area (TPSA) is 75.7 Å². The third-order valence-electron chi connectivity index (χ3n) is 6.85. The van der Waals surface area contributed by atoms with E-state index in [-0.39, 0.29) is 35.4 Å². The molecular formula is C24H28N2O4S. The summed E-state index contributed by atoms with van der Waals surface area (Å²) in [6, 6.07) is 14.5. The van der Waals surface area contributed by atoms with Crippen LogP contribution in [0.1, 0.15) is 35.1 Å². The molecule has 1 saturated heterocycles. The standard InChI is InChI=1S/C24H28N2O4S/c1-2-30-24(27)23-20-14-17-5-3-4-6-18(17)22(20)19-13-16(7-8-21(19)25-23)15-26-9-11-31(28,29)12-10-26/h3-8,13,20,22-23,25H,2,9-12,14-15H2,1H3. The molecule has 164 valence electrons. The number of esters is 1. The maximum Gasteiger partial charge on any atom is 0.328 e. The van der Waals surface area contributed by atoms with Gasteiger partial charge in [-0.25, -0.2) is 13.2 Å². The van der Waals surface area contributed by atoms with Crippen LogP contribution in [-0.4, -0.2) is 56.5 Å². The van der Waals surface area contributed by atoms with E-state index in [0.29, 0.717) is 19.7 Å². The van der Waals surface area contributed by atoms with E-state index < -0.39 is 9.84 Å². The van der Waals surface area contributed by atoms with Gasteiger partial charge in [-0.3, -0.25) is 4.90 Å². The van der Waals surface area contributed by atoms with Crippen LogP contribution in [0.3, 0.4) is 0 Å². The van der Waals surface area contributed by atoms with Crippen molar-refractivity contribution in [2.24, 2.45) is 5.92 Å². The van der Waals surface area contributed by atoms with Crippen LogP contribution in [0.2, 0.25) is 0 Å². The average molecular weight is 441 g/mol. The Morgan fingerprint density at radius 2 is 1.90 bits per heavy atom. The summed E-state index contributed by atoms with van der Waals surface area (Å²) in [5, 5.41) is 3.46. The van der Waals surface area contributed by atoms with Gasteiger partial charge in [0.15, 0.2) is 9.84 Å². The molecule has 1 aliphatic carbocycles. The van der Waals surface area contributed by atoms with Crippen molar-refractivity contribution in [2.45, 2.75) is 31.8 Å². The molecule has 2 heterocycles. The third-order valence-corrected chi connectivity index (χ3v) is 8.46. The predicted molar refractivity (Wildman–Crippen MR) is 120 cm³/mol. The molecule has 5 rings (SSSR count). The highest BCUT2D eigenvalue weighted by Gasteiger charge is 2.46. The molecule has 2 aromatic carbocycles. The van der Waals surface area contributed by atoms with Gasteiger partial charge in [-0.15, -0.1) is 0 Å². The van der Waals surface area contributed by atoms with Crippen LogP contribution >= 0.6 is 0 Å². The highest BCUT2D eigenvalue weighted by Crippen LogP contribution is 2.50. The molecule has 0 bridgehead atoms. The first kappa shape index (κ1) is 20.5. The van der Waals surface area contributed by atoms with Crippen molar-refractivity contribution in [2.75, 3.05) is 36.5 Å². The molecule has 1 fully saturated rings. The van der Waals surface area contributed by atoms with E-state index in [9.17, 15) is 13.2 Å². The number of hydrogen-bond donors (Lipinski definition) is 1. The first-order chi connectivity index (χ1) is 14.9. The Bertz CT molecular complexity index is 1100. The monoisotopic (exact) mass is 440 g/mol. The molecule has 0 saturated carbocycles. The molecule has 31 heavy (non-hydrogen) atoms. The minimum Gasteiger partial charge on any atom is -0.464 e. The van der Waals surface area contributed by atoms with Gasteiger partial charge >= 0.3 is 5.97 Å². The zero-order valence-corrected chi connectivity index (χ0v) is 18.5. The number of rotatable bonds is 4. The van der Waals surface area contributed by atoms with Crippen molar-refractivity contribution in [3.63, 3.8) is 0 Å². The number of anilines is 1. The van der Waals surface area contributed by atoms with Gasteiger partial charge < -0.3 is 10.1 Å². The summed E-state index contributed by atoms with van der Waals surface area (Å²) in [4.78, 5) is 15.0. The second kappa shape index (κ2) is 7.95. The summed E-state index contributed by atoms with van der Waals surface area (Å²) < 4.78 is 28.9. The lowest BCUT2D eigenvalue weighted by Crippen LogP contribution is -2.44. The molecular weight excluding hydrogens is 412 g/mol. The molecule has 7 heteroatoms. The van der Waals surface area contributed by atoms with Crippen molar-refractivity contribution < 1.29 is 17.9 Å². The Labute approximate surface area is 183 Å². The van der Waals surface area contributed by atoms with Crippen LogP contribution in [0, 0.1) is 5.92 Å². The van der Waals surface area contributed by atoms with E-state index in [4.69, 9.17) is 4.74 Å². The fourth-order valence-corrected chi connectivity index (χ4v) is 6.62. The van der Waals surface area contributed by atoms with E-state index in [1.807, 2.05) is 6.92 Å². The van der Waals surface area contributed by atoms with Crippen molar-refractivity contribution in [1.82, 2.24) is 4.90 Å². The summed E-state index contributed by atoms with van der Waals surface area (Å²) >= 11 is 0. The number of sulfone groups is 1. The minimum absolute atomic E-state index is 0.124. The van der Waals surface area contributed by atoms with Crippen molar-refractivity contribution in [3.05, 3.63) is 64.7 Å². The summed E-state index contributed by atoms with van der Waals surface area (Å²) in [7, 11) is -2.88. The smallest absolute Gasteiger partial charge is 0.328 e. The van der Waals surface area contributed by atoms with Gasteiger partial charge in [0.2, 0.25) is 0 Å². The summed E-state index contributed by atoms with van der Waals surface area (Å²) in [6.07, 6.45) is 0.852. The Hall–Kier alpha value is -2.38. The normalized spacial score (nSPS) is 26.3. The van der Waals surface area contributed by atoms with Gasteiger partial charge in [-0.1, -0.05) is 36.4 Å². The Kier molecular flexibility index (Phi) is 5.26. The van der Waals surface area contributed by atoms with Gasteiger partial charge in [0.1, 0.15) is 6.04 Å². The zero-order valence-electron chi connectivity index (χ0n) is 17.7. The number of ether oxygens (including phenoxy) is 1. The first-order valence-corrected chi connectivity index (χ1v) is 12.8. The number of nitrogens with zero attached hydrogens (tertiary/aromatic N) is 1. The first-order valence-electron chi connectivity index (χ1n) is 11.0. The molecule has 3 unspecified atom stereocenters. The van der Waals surface area contributed by atoms with E-state index in [2.05, 4.69) is 52.7 Å². The fourth-order valence-electron chi connectivity index (χ4n) is 5.34. The fraction of sp³-hybridized carbons (Fsp3) is 0.458. The number of carbonyl (C=O) groups excluding carboxylic acids is 1. The highest BCUT2D eigenvalue weighted by molar-refractivity contribution is 7.91. The Balaban J connectivity index is 1.47. The van der Waals surface area contributed by atoms with Gasteiger partial charge in [0, 0.05) is 37.2 Å². The van der Waals surface area contributed by atoms with Gasteiger partial charge in [-0.2, -0.15) is 0 Å². The van der Waals surface area contributed by atoms with Crippen molar-refractivity contribution in [3.8, 4) is 0 Å². The predicted octanol–water partition coefficient (Wildman–Crippen LogP) is 2.58. The zero-order chi connectivity index (χ0) is 21.6. The summed E-state index contributed by atoms with van der Waals surface area (Å²) in [5.41, 5.74) is 5.98. The van der Waals surface area contributed by atoms with E-state index >= 15 is 0 Å².